The minimum absolute atomic E-state index is 0.234. The van der Waals surface area contributed by atoms with Crippen LogP contribution in [0, 0.1) is 5.92 Å². The van der Waals surface area contributed by atoms with Crippen LogP contribution in [0.1, 0.15) is 19.3 Å². The highest BCUT2D eigenvalue weighted by Gasteiger charge is 2.21. The van der Waals surface area contributed by atoms with Gasteiger partial charge in [0.1, 0.15) is 5.75 Å². The summed E-state index contributed by atoms with van der Waals surface area (Å²) in [5, 5.41) is 13.4. The molecule has 1 unspecified atom stereocenters. The van der Waals surface area contributed by atoms with E-state index in [1.165, 1.54) is 0 Å². The zero-order valence-corrected chi connectivity index (χ0v) is 12.0. The zero-order chi connectivity index (χ0) is 12.8. The van der Waals surface area contributed by atoms with E-state index in [9.17, 15) is 5.11 Å². The number of rotatable bonds is 5. The average Bonchev–Trinajstić information content (AvgIpc) is 2.42. The monoisotopic (exact) mass is 313 g/mol. The highest BCUT2D eigenvalue weighted by Crippen LogP contribution is 2.20. The molecular weight excluding hydrogens is 294 g/mol. The lowest BCUT2D eigenvalue weighted by Gasteiger charge is -2.27. The Morgan fingerprint density at radius 3 is 2.61 bits per heavy atom. The van der Waals surface area contributed by atoms with E-state index in [2.05, 4.69) is 21.2 Å². The van der Waals surface area contributed by atoms with Gasteiger partial charge in [0.25, 0.3) is 0 Å². The van der Waals surface area contributed by atoms with Crippen molar-refractivity contribution in [3.63, 3.8) is 0 Å². The molecule has 1 aromatic rings. The summed E-state index contributed by atoms with van der Waals surface area (Å²) in [7, 11) is 0. The maximum Gasteiger partial charge on any atom is 0.119 e. The number of aliphatic hydroxyl groups excluding tert-OH is 1. The summed E-state index contributed by atoms with van der Waals surface area (Å²) >= 11 is 3.39. The smallest absolute Gasteiger partial charge is 0.119 e. The molecule has 0 spiro atoms. The Balaban J connectivity index is 1.69. The number of hydrogen-bond acceptors (Lipinski definition) is 3. The van der Waals surface area contributed by atoms with Crippen LogP contribution < -0.4 is 10.1 Å². The second-order valence-electron chi connectivity index (χ2n) is 4.75. The summed E-state index contributed by atoms with van der Waals surface area (Å²) < 4.78 is 6.67. The van der Waals surface area contributed by atoms with Gasteiger partial charge in [-0.25, -0.2) is 0 Å². The van der Waals surface area contributed by atoms with E-state index in [4.69, 9.17) is 4.74 Å². The molecule has 1 fully saturated rings. The SMILES string of the molecule is OC(CCOc1ccc(Br)cc1)C1CCNCC1. The van der Waals surface area contributed by atoms with Gasteiger partial charge in [-0.15, -0.1) is 0 Å². The van der Waals surface area contributed by atoms with Gasteiger partial charge >= 0.3 is 0 Å². The van der Waals surface area contributed by atoms with Gasteiger partial charge in [0.15, 0.2) is 0 Å². The van der Waals surface area contributed by atoms with E-state index in [1.54, 1.807) is 0 Å². The van der Waals surface area contributed by atoms with Crippen LogP contribution in [-0.2, 0) is 0 Å². The molecule has 1 atom stereocenters. The first-order valence-corrected chi connectivity index (χ1v) is 7.32. The van der Waals surface area contributed by atoms with E-state index in [0.717, 1.165) is 36.2 Å². The number of ether oxygens (including phenoxy) is 1. The predicted molar refractivity (Wildman–Crippen MR) is 75.9 cm³/mol. The van der Waals surface area contributed by atoms with Crippen molar-refractivity contribution in [2.75, 3.05) is 19.7 Å². The van der Waals surface area contributed by atoms with Crippen LogP contribution in [0.3, 0.4) is 0 Å². The van der Waals surface area contributed by atoms with Crippen LogP contribution in [0.2, 0.25) is 0 Å². The molecule has 0 aliphatic carbocycles. The van der Waals surface area contributed by atoms with Gasteiger partial charge in [0.2, 0.25) is 0 Å². The largest absolute Gasteiger partial charge is 0.493 e. The standard InChI is InChI=1S/C14H20BrNO2/c15-12-1-3-13(4-2-12)18-10-7-14(17)11-5-8-16-9-6-11/h1-4,11,14,16-17H,5-10H2. The quantitative estimate of drug-likeness (QED) is 0.878. The molecule has 1 aliphatic rings. The fourth-order valence-electron chi connectivity index (χ4n) is 2.29. The van der Waals surface area contributed by atoms with Gasteiger partial charge in [0, 0.05) is 10.9 Å². The van der Waals surface area contributed by atoms with Crippen molar-refractivity contribution in [3.8, 4) is 5.75 Å². The third-order valence-corrected chi connectivity index (χ3v) is 3.95. The molecule has 0 radical (unpaired) electrons. The number of halogens is 1. The Kier molecular flexibility index (Phi) is 5.47. The lowest BCUT2D eigenvalue weighted by Crippen LogP contribution is -2.34. The van der Waals surface area contributed by atoms with E-state index < -0.39 is 0 Å². The Bertz CT molecular complexity index is 349. The van der Waals surface area contributed by atoms with Gasteiger partial charge in [-0.2, -0.15) is 0 Å². The zero-order valence-electron chi connectivity index (χ0n) is 10.4. The van der Waals surface area contributed by atoms with Crippen molar-refractivity contribution in [3.05, 3.63) is 28.7 Å². The van der Waals surface area contributed by atoms with Crippen LogP contribution in [0.4, 0.5) is 0 Å². The van der Waals surface area contributed by atoms with E-state index in [1.807, 2.05) is 24.3 Å². The van der Waals surface area contributed by atoms with Crippen molar-refractivity contribution < 1.29 is 9.84 Å². The lowest BCUT2D eigenvalue weighted by molar-refractivity contribution is 0.0674. The molecule has 100 valence electrons. The first-order chi connectivity index (χ1) is 8.75. The minimum Gasteiger partial charge on any atom is -0.493 e. The first kappa shape index (κ1) is 13.8. The number of hydrogen-bond donors (Lipinski definition) is 2. The summed E-state index contributed by atoms with van der Waals surface area (Å²) in [5.74, 6) is 1.29. The van der Waals surface area contributed by atoms with Crippen LogP contribution in [0.25, 0.3) is 0 Å². The Labute approximate surface area is 117 Å². The van der Waals surface area contributed by atoms with Gasteiger partial charge in [-0.1, -0.05) is 15.9 Å². The molecule has 1 aromatic carbocycles. The second-order valence-corrected chi connectivity index (χ2v) is 5.66. The number of nitrogens with one attached hydrogen (secondary N) is 1. The predicted octanol–water partition coefficient (Wildman–Crippen LogP) is 2.58. The third-order valence-electron chi connectivity index (χ3n) is 3.42. The Morgan fingerprint density at radius 2 is 1.94 bits per heavy atom. The molecule has 0 amide bonds. The normalized spacial score (nSPS) is 18.6. The molecule has 0 saturated carbocycles. The number of aliphatic hydroxyl groups is 1. The topological polar surface area (TPSA) is 41.5 Å². The molecule has 3 nitrogen and oxygen atoms in total. The van der Waals surface area contributed by atoms with Crippen molar-refractivity contribution in [1.82, 2.24) is 5.32 Å². The van der Waals surface area contributed by atoms with Crippen LogP contribution in [0.15, 0.2) is 28.7 Å². The van der Waals surface area contributed by atoms with Crippen molar-refractivity contribution >= 4 is 15.9 Å². The molecule has 1 saturated heterocycles. The fourth-order valence-corrected chi connectivity index (χ4v) is 2.56. The van der Waals surface area contributed by atoms with Crippen LogP contribution >= 0.6 is 15.9 Å². The highest BCUT2D eigenvalue weighted by atomic mass is 79.9. The molecule has 2 N–H and O–H groups in total. The van der Waals surface area contributed by atoms with E-state index in [0.29, 0.717) is 18.9 Å². The molecule has 2 rings (SSSR count). The van der Waals surface area contributed by atoms with Gasteiger partial charge in [-0.3, -0.25) is 0 Å². The molecular formula is C14H20BrNO2. The van der Waals surface area contributed by atoms with E-state index >= 15 is 0 Å². The lowest BCUT2D eigenvalue weighted by atomic mass is 9.91. The molecule has 1 aliphatic heterocycles. The van der Waals surface area contributed by atoms with Crippen molar-refractivity contribution in [2.24, 2.45) is 5.92 Å². The average molecular weight is 314 g/mol. The van der Waals surface area contributed by atoms with Gasteiger partial charge in [-0.05, 0) is 56.1 Å². The van der Waals surface area contributed by atoms with Crippen LogP contribution in [-0.4, -0.2) is 30.9 Å². The summed E-state index contributed by atoms with van der Waals surface area (Å²) in [4.78, 5) is 0. The first-order valence-electron chi connectivity index (χ1n) is 6.53. The Hall–Kier alpha value is -0.580. The molecule has 0 aromatic heterocycles. The van der Waals surface area contributed by atoms with Gasteiger partial charge in [0.05, 0.1) is 12.7 Å². The van der Waals surface area contributed by atoms with Gasteiger partial charge < -0.3 is 15.2 Å². The minimum atomic E-state index is -0.234. The molecule has 1 heterocycles. The second kappa shape index (κ2) is 7.12. The molecule has 0 bridgehead atoms. The summed E-state index contributed by atoms with van der Waals surface area (Å²) in [6.45, 7) is 2.62. The summed E-state index contributed by atoms with van der Waals surface area (Å²) in [5.41, 5.74) is 0. The molecule has 18 heavy (non-hydrogen) atoms. The maximum atomic E-state index is 10.1. The summed E-state index contributed by atoms with van der Waals surface area (Å²) in [6.07, 6.45) is 2.61. The van der Waals surface area contributed by atoms with Crippen molar-refractivity contribution in [1.29, 1.82) is 0 Å². The number of piperidine rings is 1. The maximum absolute atomic E-state index is 10.1. The molecule has 4 heteroatoms. The number of benzene rings is 1. The third kappa shape index (κ3) is 4.26. The highest BCUT2D eigenvalue weighted by molar-refractivity contribution is 9.10. The van der Waals surface area contributed by atoms with E-state index in [-0.39, 0.29) is 6.10 Å². The van der Waals surface area contributed by atoms with Crippen LogP contribution in [0.5, 0.6) is 5.75 Å². The van der Waals surface area contributed by atoms with Crippen molar-refractivity contribution in [2.45, 2.75) is 25.4 Å². The fraction of sp³-hybridized carbons (Fsp3) is 0.571. The Morgan fingerprint density at radius 1 is 1.28 bits per heavy atom. The summed E-state index contributed by atoms with van der Waals surface area (Å²) in [6, 6.07) is 7.78.